The Balaban J connectivity index is 1.50. The standard InChI is InChI=1S/C24H26BrN5OS/c1-16(2)26-21(31)9-5-6-14-32-24-27-23-22(28-29-24)19-7-3-4-8-20(19)30(23)15-17-10-12-18(25)13-11-17/h3-4,7-8,10-13,16H,5-6,9,14-15H2,1-2H3,(H,26,31). The number of hydrogen-bond acceptors (Lipinski definition) is 5. The molecule has 0 atom stereocenters. The summed E-state index contributed by atoms with van der Waals surface area (Å²) in [4.78, 5) is 16.6. The minimum absolute atomic E-state index is 0.113. The van der Waals surface area contributed by atoms with Gasteiger partial charge < -0.3 is 9.88 Å². The summed E-state index contributed by atoms with van der Waals surface area (Å²) >= 11 is 5.10. The molecule has 0 unspecified atom stereocenters. The van der Waals surface area contributed by atoms with Gasteiger partial charge in [-0.15, -0.1) is 10.2 Å². The summed E-state index contributed by atoms with van der Waals surface area (Å²) in [6, 6.07) is 16.8. The Morgan fingerprint density at radius 3 is 2.66 bits per heavy atom. The van der Waals surface area contributed by atoms with Crippen LogP contribution in [0.2, 0.25) is 0 Å². The molecule has 1 amide bonds. The second kappa shape index (κ2) is 10.4. The molecule has 8 heteroatoms. The lowest BCUT2D eigenvalue weighted by Gasteiger charge is -2.08. The van der Waals surface area contributed by atoms with Crippen molar-refractivity contribution < 1.29 is 4.79 Å². The molecule has 2 heterocycles. The maximum Gasteiger partial charge on any atom is 0.220 e. The highest BCUT2D eigenvalue weighted by molar-refractivity contribution is 9.10. The zero-order valence-electron chi connectivity index (χ0n) is 18.2. The molecule has 32 heavy (non-hydrogen) atoms. The fraction of sp³-hybridized carbons (Fsp3) is 0.333. The Morgan fingerprint density at radius 1 is 1.09 bits per heavy atom. The molecule has 2 aromatic carbocycles. The first-order chi connectivity index (χ1) is 15.5. The van der Waals surface area contributed by atoms with E-state index in [9.17, 15) is 4.79 Å². The molecule has 4 aromatic rings. The number of nitrogens with zero attached hydrogens (tertiary/aromatic N) is 4. The van der Waals surface area contributed by atoms with Crippen molar-refractivity contribution in [2.45, 2.75) is 50.9 Å². The van der Waals surface area contributed by atoms with Crippen LogP contribution in [0, 0.1) is 0 Å². The van der Waals surface area contributed by atoms with Crippen LogP contribution in [0.3, 0.4) is 0 Å². The molecule has 0 aliphatic rings. The molecule has 0 aliphatic carbocycles. The highest BCUT2D eigenvalue weighted by atomic mass is 79.9. The molecule has 0 radical (unpaired) electrons. The van der Waals surface area contributed by atoms with E-state index in [0.717, 1.165) is 45.1 Å². The van der Waals surface area contributed by atoms with Crippen LogP contribution in [0.25, 0.3) is 22.1 Å². The lowest BCUT2D eigenvalue weighted by molar-refractivity contribution is -0.121. The van der Waals surface area contributed by atoms with Crippen LogP contribution in [0.4, 0.5) is 0 Å². The molecule has 2 aromatic heterocycles. The van der Waals surface area contributed by atoms with Crippen LogP contribution in [0.15, 0.2) is 58.2 Å². The zero-order valence-corrected chi connectivity index (χ0v) is 20.6. The van der Waals surface area contributed by atoms with Crippen LogP contribution >= 0.6 is 27.7 Å². The lowest BCUT2D eigenvalue weighted by atomic mass is 10.2. The molecule has 0 saturated carbocycles. The summed E-state index contributed by atoms with van der Waals surface area (Å²) in [7, 11) is 0. The second-order valence-electron chi connectivity index (χ2n) is 8.02. The van der Waals surface area contributed by atoms with Crippen molar-refractivity contribution in [2.24, 2.45) is 0 Å². The monoisotopic (exact) mass is 511 g/mol. The number of amides is 1. The van der Waals surface area contributed by atoms with Gasteiger partial charge in [-0.1, -0.05) is 58.0 Å². The van der Waals surface area contributed by atoms with Crippen molar-refractivity contribution in [3.63, 3.8) is 0 Å². The fourth-order valence-electron chi connectivity index (χ4n) is 3.63. The van der Waals surface area contributed by atoms with Crippen molar-refractivity contribution in [3.8, 4) is 0 Å². The maximum absolute atomic E-state index is 11.8. The summed E-state index contributed by atoms with van der Waals surface area (Å²) in [6.45, 7) is 4.67. The number of thioether (sulfide) groups is 1. The number of halogens is 1. The number of nitrogens with one attached hydrogen (secondary N) is 1. The van der Waals surface area contributed by atoms with Gasteiger partial charge in [0.25, 0.3) is 0 Å². The normalized spacial score (nSPS) is 11.5. The van der Waals surface area contributed by atoms with Crippen molar-refractivity contribution in [2.75, 3.05) is 5.75 Å². The molecule has 0 fully saturated rings. The first-order valence-corrected chi connectivity index (χ1v) is 12.6. The summed E-state index contributed by atoms with van der Waals surface area (Å²) in [5.74, 6) is 0.969. The van der Waals surface area contributed by atoms with Crippen molar-refractivity contribution >= 4 is 55.7 Å². The SMILES string of the molecule is CC(C)NC(=O)CCCCSc1nnc2c3ccccc3n(Cc3ccc(Br)cc3)c2n1. The van der Waals surface area contributed by atoms with E-state index >= 15 is 0 Å². The third kappa shape index (κ3) is 5.48. The lowest BCUT2D eigenvalue weighted by Crippen LogP contribution is -2.29. The van der Waals surface area contributed by atoms with E-state index in [1.807, 2.05) is 26.0 Å². The zero-order chi connectivity index (χ0) is 22.5. The quantitative estimate of drug-likeness (QED) is 0.234. The predicted octanol–water partition coefficient (Wildman–Crippen LogP) is 5.58. The average Bonchev–Trinajstić information content (AvgIpc) is 3.08. The Hall–Kier alpha value is -2.45. The number of benzene rings is 2. The predicted molar refractivity (Wildman–Crippen MR) is 134 cm³/mol. The molecule has 0 aliphatic heterocycles. The molecular formula is C24H26BrN5OS. The van der Waals surface area contributed by atoms with E-state index in [4.69, 9.17) is 4.98 Å². The van der Waals surface area contributed by atoms with E-state index in [1.165, 1.54) is 5.56 Å². The summed E-state index contributed by atoms with van der Waals surface area (Å²) in [5, 5.41) is 13.5. The van der Waals surface area contributed by atoms with Crippen LogP contribution < -0.4 is 5.32 Å². The highest BCUT2D eigenvalue weighted by Crippen LogP contribution is 2.28. The van der Waals surface area contributed by atoms with Gasteiger partial charge in [-0.3, -0.25) is 4.79 Å². The molecule has 1 N–H and O–H groups in total. The molecule has 4 rings (SSSR count). The number of rotatable bonds is 9. The van der Waals surface area contributed by atoms with Crippen LogP contribution in [-0.4, -0.2) is 37.5 Å². The van der Waals surface area contributed by atoms with Crippen molar-refractivity contribution in [1.29, 1.82) is 0 Å². The van der Waals surface area contributed by atoms with Crippen molar-refractivity contribution in [3.05, 3.63) is 58.6 Å². The van der Waals surface area contributed by atoms with E-state index in [2.05, 4.69) is 72.4 Å². The van der Waals surface area contributed by atoms with Crippen LogP contribution in [-0.2, 0) is 11.3 Å². The third-order valence-electron chi connectivity index (χ3n) is 5.09. The van der Waals surface area contributed by atoms with Gasteiger partial charge >= 0.3 is 0 Å². The van der Waals surface area contributed by atoms with Gasteiger partial charge in [0, 0.05) is 34.6 Å². The molecule has 0 spiro atoms. The Labute approximate surface area is 200 Å². The Kier molecular flexibility index (Phi) is 7.42. The maximum atomic E-state index is 11.8. The minimum atomic E-state index is 0.113. The van der Waals surface area contributed by atoms with Crippen LogP contribution in [0.1, 0.15) is 38.7 Å². The topological polar surface area (TPSA) is 72.7 Å². The number of hydrogen-bond donors (Lipinski definition) is 1. The van der Waals surface area contributed by atoms with Gasteiger partial charge in [-0.25, -0.2) is 4.98 Å². The van der Waals surface area contributed by atoms with Gasteiger partial charge in [0.15, 0.2) is 5.65 Å². The molecular weight excluding hydrogens is 486 g/mol. The average molecular weight is 512 g/mol. The van der Waals surface area contributed by atoms with E-state index in [0.29, 0.717) is 18.1 Å². The Morgan fingerprint density at radius 2 is 1.88 bits per heavy atom. The molecule has 0 bridgehead atoms. The van der Waals surface area contributed by atoms with E-state index in [-0.39, 0.29) is 11.9 Å². The highest BCUT2D eigenvalue weighted by Gasteiger charge is 2.15. The number of unbranched alkanes of at least 4 members (excludes halogenated alkanes) is 1. The largest absolute Gasteiger partial charge is 0.354 e. The summed E-state index contributed by atoms with van der Waals surface area (Å²) in [6.07, 6.45) is 2.34. The number of aromatic nitrogens is 4. The van der Waals surface area contributed by atoms with Gasteiger partial charge in [0.2, 0.25) is 11.1 Å². The van der Waals surface area contributed by atoms with Gasteiger partial charge in [-0.05, 0) is 50.5 Å². The van der Waals surface area contributed by atoms with E-state index in [1.54, 1.807) is 11.8 Å². The van der Waals surface area contributed by atoms with Crippen LogP contribution in [0.5, 0.6) is 0 Å². The first-order valence-electron chi connectivity index (χ1n) is 10.8. The molecule has 0 saturated heterocycles. The van der Waals surface area contributed by atoms with Crippen molar-refractivity contribution in [1.82, 2.24) is 25.1 Å². The first kappa shape index (κ1) is 22.7. The van der Waals surface area contributed by atoms with Gasteiger partial charge in [-0.2, -0.15) is 0 Å². The van der Waals surface area contributed by atoms with E-state index < -0.39 is 0 Å². The smallest absolute Gasteiger partial charge is 0.220 e. The number of para-hydroxylation sites is 1. The summed E-state index contributed by atoms with van der Waals surface area (Å²) in [5.41, 5.74) is 3.98. The minimum Gasteiger partial charge on any atom is -0.354 e. The second-order valence-corrected chi connectivity index (χ2v) is 10.0. The van der Waals surface area contributed by atoms with Gasteiger partial charge in [0.1, 0.15) is 5.52 Å². The number of carbonyl (C=O) groups is 1. The van der Waals surface area contributed by atoms with Gasteiger partial charge in [0.05, 0.1) is 5.52 Å². The third-order valence-corrected chi connectivity index (χ3v) is 6.54. The molecule has 6 nitrogen and oxygen atoms in total. The summed E-state index contributed by atoms with van der Waals surface area (Å²) < 4.78 is 3.27. The Bertz CT molecular complexity index is 1220. The number of carbonyl (C=O) groups excluding carboxylic acids is 1. The fourth-order valence-corrected chi connectivity index (χ4v) is 4.67. The molecule has 166 valence electrons. The number of fused-ring (bicyclic) bond motifs is 3.